The number of ether oxygens (including phenoxy) is 1. The van der Waals surface area contributed by atoms with Crippen LogP contribution in [-0.2, 0) is 14.3 Å². The van der Waals surface area contributed by atoms with Gasteiger partial charge < -0.3 is 10.1 Å². The van der Waals surface area contributed by atoms with Gasteiger partial charge in [-0.2, -0.15) is 0 Å². The maximum Gasteiger partial charge on any atom is 0.306 e. The summed E-state index contributed by atoms with van der Waals surface area (Å²) in [5, 5.41) is 2.74. The van der Waals surface area contributed by atoms with Gasteiger partial charge in [0.15, 0.2) is 5.11 Å². The molecule has 23 heavy (non-hydrogen) atoms. The Morgan fingerprint density at radius 1 is 1.17 bits per heavy atom. The van der Waals surface area contributed by atoms with E-state index in [0.29, 0.717) is 5.02 Å². The molecule has 0 heterocycles. The number of esters is 1. The molecule has 0 aliphatic rings. The van der Waals surface area contributed by atoms with Gasteiger partial charge in [-0.1, -0.05) is 23.2 Å². The Morgan fingerprint density at radius 2 is 1.87 bits per heavy atom. The van der Waals surface area contributed by atoms with E-state index < -0.39 is 17.8 Å². The first-order chi connectivity index (χ1) is 10.8. The monoisotopic (exact) mass is 377 g/mol. The number of nitrogens with one attached hydrogen (secondary N) is 3. The van der Waals surface area contributed by atoms with E-state index in [9.17, 15) is 14.4 Å². The number of carbonyl (C=O) groups excluding carboxylic acids is 3. The minimum atomic E-state index is -0.558. The summed E-state index contributed by atoms with van der Waals surface area (Å²) in [4.78, 5) is 34.3. The van der Waals surface area contributed by atoms with Crippen molar-refractivity contribution in [3.05, 3.63) is 33.8 Å². The van der Waals surface area contributed by atoms with E-state index in [1.165, 1.54) is 25.3 Å². The van der Waals surface area contributed by atoms with Crippen molar-refractivity contribution in [3.63, 3.8) is 0 Å². The van der Waals surface area contributed by atoms with Crippen LogP contribution in [0.5, 0.6) is 0 Å². The first-order valence-corrected chi connectivity index (χ1v) is 7.42. The summed E-state index contributed by atoms with van der Waals surface area (Å²) < 4.78 is 4.41. The Balaban J connectivity index is 2.42. The normalized spacial score (nSPS) is 9.70. The van der Waals surface area contributed by atoms with E-state index in [-0.39, 0.29) is 28.5 Å². The molecule has 0 atom stereocenters. The average Bonchev–Trinajstić information content (AvgIpc) is 2.50. The molecule has 0 aliphatic carbocycles. The van der Waals surface area contributed by atoms with Crippen LogP contribution in [0.25, 0.3) is 0 Å². The highest BCUT2D eigenvalue weighted by atomic mass is 35.5. The quantitative estimate of drug-likeness (QED) is 0.418. The maximum atomic E-state index is 11.9. The number of methoxy groups -OCH3 is 1. The van der Waals surface area contributed by atoms with Crippen molar-refractivity contribution in [2.24, 2.45) is 0 Å². The molecule has 2 amide bonds. The van der Waals surface area contributed by atoms with Crippen LogP contribution in [-0.4, -0.2) is 30.0 Å². The fourth-order valence-corrected chi connectivity index (χ4v) is 2.05. The summed E-state index contributed by atoms with van der Waals surface area (Å²) in [5.41, 5.74) is 4.81. The second kappa shape index (κ2) is 9.29. The van der Waals surface area contributed by atoms with Crippen LogP contribution >= 0.6 is 35.4 Å². The summed E-state index contributed by atoms with van der Waals surface area (Å²) in [5.74, 6) is -1.56. The minimum Gasteiger partial charge on any atom is -0.469 e. The molecular formula is C13H13Cl2N3O4S. The Hall–Kier alpha value is -1.90. The van der Waals surface area contributed by atoms with Gasteiger partial charge in [0.05, 0.1) is 24.1 Å². The van der Waals surface area contributed by atoms with Gasteiger partial charge in [-0.15, -0.1) is 0 Å². The van der Waals surface area contributed by atoms with Gasteiger partial charge in [0.25, 0.3) is 5.91 Å². The fourth-order valence-electron chi connectivity index (χ4n) is 1.39. The number of hydrogen-bond acceptors (Lipinski definition) is 5. The van der Waals surface area contributed by atoms with E-state index >= 15 is 0 Å². The zero-order valence-electron chi connectivity index (χ0n) is 11.9. The third-order valence-electron chi connectivity index (χ3n) is 2.50. The molecule has 0 aromatic heterocycles. The molecule has 124 valence electrons. The van der Waals surface area contributed by atoms with Crippen LogP contribution in [0.4, 0.5) is 0 Å². The second-order valence-corrected chi connectivity index (χ2v) is 5.41. The summed E-state index contributed by atoms with van der Waals surface area (Å²) in [6, 6.07) is 4.37. The highest BCUT2D eigenvalue weighted by Gasteiger charge is 2.12. The first-order valence-electron chi connectivity index (χ1n) is 6.25. The average molecular weight is 378 g/mol. The molecule has 0 unspecified atom stereocenters. The lowest BCUT2D eigenvalue weighted by molar-refractivity contribution is -0.142. The Bertz CT molecular complexity index is 640. The molecular weight excluding hydrogens is 365 g/mol. The van der Waals surface area contributed by atoms with E-state index in [2.05, 4.69) is 20.9 Å². The summed E-state index contributed by atoms with van der Waals surface area (Å²) in [7, 11) is 1.23. The van der Waals surface area contributed by atoms with Crippen molar-refractivity contribution in [2.45, 2.75) is 12.8 Å². The Morgan fingerprint density at radius 3 is 2.48 bits per heavy atom. The summed E-state index contributed by atoms with van der Waals surface area (Å²) >= 11 is 16.5. The molecule has 10 heteroatoms. The van der Waals surface area contributed by atoms with Crippen LogP contribution < -0.4 is 16.2 Å². The van der Waals surface area contributed by atoms with Gasteiger partial charge >= 0.3 is 5.97 Å². The van der Waals surface area contributed by atoms with Crippen molar-refractivity contribution in [1.29, 1.82) is 0 Å². The lowest BCUT2D eigenvalue weighted by Crippen LogP contribution is -2.48. The second-order valence-electron chi connectivity index (χ2n) is 4.16. The smallest absolute Gasteiger partial charge is 0.306 e. The molecule has 0 saturated carbocycles. The molecule has 0 bridgehead atoms. The van der Waals surface area contributed by atoms with Gasteiger partial charge in [-0.25, -0.2) is 0 Å². The molecule has 1 aromatic rings. The predicted octanol–water partition coefficient (Wildman–Crippen LogP) is 1.58. The molecule has 0 fully saturated rings. The van der Waals surface area contributed by atoms with Crippen molar-refractivity contribution in [3.8, 4) is 0 Å². The minimum absolute atomic E-state index is 0.0717. The number of hydrogen-bond donors (Lipinski definition) is 3. The van der Waals surface area contributed by atoms with E-state index in [1.807, 2.05) is 0 Å². The predicted molar refractivity (Wildman–Crippen MR) is 89.1 cm³/mol. The zero-order valence-corrected chi connectivity index (χ0v) is 14.3. The van der Waals surface area contributed by atoms with E-state index in [0.717, 1.165) is 0 Å². The number of carbonyl (C=O) groups is 3. The van der Waals surface area contributed by atoms with Crippen molar-refractivity contribution in [2.75, 3.05) is 7.11 Å². The molecule has 1 aromatic carbocycles. The lowest BCUT2D eigenvalue weighted by atomic mass is 10.2. The van der Waals surface area contributed by atoms with Crippen molar-refractivity contribution < 1.29 is 19.1 Å². The van der Waals surface area contributed by atoms with Gasteiger partial charge in [-0.05, 0) is 30.4 Å². The number of thiocarbonyl (C=S) groups is 1. The van der Waals surface area contributed by atoms with Crippen LogP contribution in [0.1, 0.15) is 23.2 Å². The zero-order chi connectivity index (χ0) is 17.4. The SMILES string of the molecule is COC(=O)CCC(=O)NC(=S)NNC(=O)c1ccc(Cl)cc1Cl. The lowest BCUT2D eigenvalue weighted by Gasteiger charge is -2.11. The van der Waals surface area contributed by atoms with Gasteiger partial charge in [0.2, 0.25) is 5.91 Å². The van der Waals surface area contributed by atoms with Crippen LogP contribution in [0.2, 0.25) is 10.0 Å². The summed E-state index contributed by atoms with van der Waals surface area (Å²) in [6.07, 6.45) is -0.164. The van der Waals surface area contributed by atoms with Gasteiger partial charge in [0, 0.05) is 11.4 Å². The molecule has 0 aliphatic heterocycles. The molecule has 7 nitrogen and oxygen atoms in total. The van der Waals surface area contributed by atoms with Crippen LogP contribution in [0.3, 0.4) is 0 Å². The third-order valence-corrected chi connectivity index (χ3v) is 3.25. The largest absolute Gasteiger partial charge is 0.469 e. The maximum absolute atomic E-state index is 11.9. The van der Waals surface area contributed by atoms with Gasteiger partial charge in [0.1, 0.15) is 0 Å². The highest BCUT2D eigenvalue weighted by Crippen LogP contribution is 2.20. The third kappa shape index (κ3) is 6.81. The van der Waals surface area contributed by atoms with E-state index in [1.54, 1.807) is 0 Å². The molecule has 0 radical (unpaired) electrons. The number of benzene rings is 1. The number of hydrazine groups is 1. The number of halogens is 2. The highest BCUT2D eigenvalue weighted by molar-refractivity contribution is 7.80. The van der Waals surface area contributed by atoms with Crippen LogP contribution in [0.15, 0.2) is 18.2 Å². The van der Waals surface area contributed by atoms with Crippen molar-refractivity contribution in [1.82, 2.24) is 16.2 Å². The van der Waals surface area contributed by atoms with E-state index in [4.69, 9.17) is 35.4 Å². The van der Waals surface area contributed by atoms with Crippen molar-refractivity contribution >= 4 is 58.3 Å². The fraction of sp³-hybridized carbons (Fsp3) is 0.231. The summed E-state index contributed by atoms with van der Waals surface area (Å²) in [6.45, 7) is 0. The van der Waals surface area contributed by atoms with Gasteiger partial charge in [-0.3, -0.25) is 25.2 Å². The molecule has 0 spiro atoms. The standard InChI is InChI=1S/C13H13Cl2N3O4S/c1-22-11(20)5-4-10(19)16-13(23)18-17-12(21)8-3-2-7(14)6-9(8)15/h2-3,6H,4-5H2,1H3,(H,17,21)(H2,16,18,19,23). The Kier molecular flexibility index (Phi) is 7.73. The number of amides is 2. The topological polar surface area (TPSA) is 96.5 Å². The Labute approximate surface area is 147 Å². The van der Waals surface area contributed by atoms with Crippen LogP contribution in [0, 0.1) is 0 Å². The number of rotatable bonds is 4. The molecule has 3 N–H and O–H groups in total. The molecule has 1 rings (SSSR count). The first kappa shape index (κ1) is 19.1. The molecule has 0 saturated heterocycles.